The number of rotatable bonds is 2. The molecule has 0 fully saturated rings. The van der Waals surface area contributed by atoms with Gasteiger partial charge in [-0.1, -0.05) is 17.7 Å². The Morgan fingerprint density at radius 2 is 1.96 bits per heavy atom. The Kier molecular flexibility index (Phi) is 5.43. The molecule has 0 spiro atoms. The molecule has 0 aliphatic rings. The molecular formula is C16H12Cl2N2O4. The zero-order valence-corrected chi connectivity index (χ0v) is 14.0. The van der Waals surface area contributed by atoms with Gasteiger partial charge in [-0.25, -0.2) is 9.78 Å². The van der Waals surface area contributed by atoms with Gasteiger partial charge in [0.05, 0.1) is 12.6 Å². The third-order valence-corrected chi connectivity index (χ3v) is 3.64. The highest BCUT2D eigenvalue weighted by Gasteiger charge is 2.25. The second kappa shape index (κ2) is 7.33. The van der Waals surface area contributed by atoms with Crippen molar-refractivity contribution in [1.29, 1.82) is 0 Å². The Labute approximate surface area is 148 Å². The van der Waals surface area contributed by atoms with E-state index in [1.165, 1.54) is 11.5 Å². The van der Waals surface area contributed by atoms with Gasteiger partial charge in [0.2, 0.25) is 5.69 Å². The number of fused-ring (bicyclic) bond motifs is 1. The third kappa shape index (κ3) is 3.06. The predicted molar refractivity (Wildman–Crippen MR) is 83.7 cm³/mol. The molecule has 3 aromatic heterocycles. The summed E-state index contributed by atoms with van der Waals surface area (Å²) in [5.41, 5.74) is 0.672. The van der Waals surface area contributed by atoms with Gasteiger partial charge in [-0.3, -0.25) is 9.20 Å². The molecule has 6 nitrogen and oxygen atoms in total. The summed E-state index contributed by atoms with van der Waals surface area (Å²) >= 11 is 6.36. The molecule has 0 saturated carbocycles. The summed E-state index contributed by atoms with van der Waals surface area (Å²) in [5.74, 6) is -0.0443. The maximum absolute atomic E-state index is 12.8. The Morgan fingerprint density at radius 1 is 1.21 bits per heavy atom. The fraction of sp³-hybridized carbons (Fsp3) is 0.0625. The highest BCUT2D eigenvalue weighted by atomic mass is 35.5. The molecule has 3 heterocycles. The molecule has 0 radical (unpaired) electrons. The maximum atomic E-state index is 12.8. The van der Waals surface area contributed by atoms with Crippen molar-refractivity contribution in [3.8, 4) is 17.0 Å². The zero-order chi connectivity index (χ0) is 16.4. The van der Waals surface area contributed by atoms with Crippen LogP contribution < -0.4 is 27.7 Å². The van der Waals surface area contributed by atoms with Crippen molar-refractivity contribution >= 4 is 23.3 Å². The van der Waals surface area contributed by atoms with Gasteiger partial charge < -0.3 is 21.9 Å². The van der Waals surface area contributed by atoms with Crippen LogP contribution in [0.25, 0.3) is 16.8 Å². The fourth-order valence-electron chi connectivity index (χ4n) is 2.25. The molecule has 1 N–H and O–H groups in total. The fourth-order valence-corrected chi connectivity index (χ4v) is 2.54. The van der Waals surface area contributed by atoms with Crippen LogP contribution in [0.2, 0.25) is 5.02 Å². The van der Waals surface area contributed by atoms with E-state index < -0.39 is 6.16 Å². The van der Waals surface area contributed by atoms with Gasteiger partial charge in [-0.2, -0.15) is 0 Å². The molecule has 8 heteroatoms. The number of hydrogen-bond donors (Lipinski definition) is 0. The minimum absolute atomic E-state index is 0. The average Bonchev–Trinajstić information content (AvgIpc) is 2.60. The second-order valence-corrected chi connectivity index (χ2v) is 4.99. The number of hydrogen-bond acceptors (Lipinski definition) is 4. The zero-order valence-electron chi connectivity index (χ0n) is 12.5. The van der Waals surface area contributed by atoms with Gasteiger partial charge in [-0.05, 0) is 18.2 Å². The molecule has 3 rings (SSSR count). The van der Waals surface area contributed by atoms with Crippen molar-refractivity contribution in [1.82, 2.24) is 4.40 Å². The molecule has 0 saturated heterocycles. The standard InChI is InChI=1S/C16H11ClN2O4.ClH/c1-22-16(21)23-14-12(10-6-2-4-8-18-10)15(20)19-9-5-3-7-11(19)13(14)17;/h2-9H,1H3;1H. The van der Waals surface area contributed by atoms with Crippen molar-refractivity contribution < 1.29 is 31.7 Å². The summed E-state index contributed by atoms with van der Waals surface area (Å²) in [6, 6.07) is 10.3. The highest BCUT2D eigenvalue weighted by molar-refractivity contribution is 6.36. The second-order valence-electron chi connectivity index (χ2n) is 4.61. The van der Waals surface area contributed by atoms with E-state index in [1.54, 1.807) is 48.8 Å². The van der Waals surface area contributed by atoms with Gasteiger partial charge >= 0.3 is 6.16 Å². The molecule has 0 amide bonds. The van der Waals surface area contributed by atoms with Crippen LogP contribution in [0.5, 0.6) is 5.75 Å². The summed E-state index contributed by atoms with van der Waals surface area (Å²) in [6.45, 7) is 0. The largest absolute Gasteiger partial charge is 1.00 e. The Bertz CT molecular complexity index is 942. The number of aromatic nitrogens is 2. The summed E-state index contributed by atoms with van der Waals surface area (Å²) in [7, 11) is 1.18. The van der Waals surface area contributed by atoms with E-state index in [0.717, 1.165) is 0 Å². The van der Waals surface area contributed by atoms with Crippen LogP contribution in [0, 0.1) is 0 Å². The van der Waals surface area contributed by atoms with E-state index in [1.807, 2.05) is 0 Å². The van der Waals surface area contributed by atoms with Gasteiger partial charge in [0.25, 0.3) is 5.56 Å². The number of pyridine rings is 3. The van der Waals surface area contributed by atoms with Gasteiger partial charge in [0.15, 0.2) is 17.5 Å². The molecule has 124 valence electrons. The van der Waals surface area contributed by atoms with Crippen molar-refractivity contribution in [2.24, 2.45) is 0 Å². The predicted octanol–water partition coefficient (Wildman–Crippen LogP) is -0.417. The lowest BCUT2D eigenvalue weighted by Crippen LogP contribution is -3.00. The molecule has 0 unspecified atom stereocenters. The number of carbonyl (C=O) groups is 1. The van der Waals surface area contributed by atoms with E-state index in [-0.39, 0.29) is 34.3 Å². The Morgan fingerprint density at radius 3 is 2.62 bits per heavy atom. The molecule has 0 bridgehead atoms. The van der Waals surface area contributed by atoms with Crippen LogP contribution in [0.15, 0.2) is 53.6 Å². The number of methoxy groups -OCH3 is 1. The Hall–Kier alpha value is -2.57. The van der Waals surface area contributed by atoms with E-state index in [9.17, 15) is 9.59 Å². The molecule has 0 atom stereocenters. The third-order valence-electron chi connectivity index (χ3n) is 3.27. The van der Waals surface area contributed by atoms with Crippen LogP contribution in [-0.2, 0) is 4.74 Å². The molecule has 0 aromatic carbocycles. The van der Waals surface area contributed by atoms with Gasteiger partial charge in [0.1, 0.15) is 5.02 Å². The van der Waals surface area contributed by atoms with Crippen molar-refractivity contribution in [3.05, 3.63) is 64.2 Å². The van der Waals surface area contributed by atoms with Crippen molar-refractivity contribution in [2.75, 3.05) is 7.11 Å². The molecule has 0 aliphatic carbocycles. The first-order valence-electron chi connectivity index (χ1n) is 6.69. The quantitative estimate of drug-likeness (QED) is 0.577. The number of H-pyrrole nitrogens is 1. The normalized spacial score (nSPS) is 10.1. The molecule has 3 aromatic rings. The number of ether oxygens (including phenoxy) is 2. The number of nitrogens with zero attached hydrogens (tertiary/aromatic N) is 1. The summed E-state index contributed by atoms with van der Waals surface area (Å²) < 4.78 is 11.0. The van der Waals surface area contributed by atoms with Crippen LogP contribution in [0.1, 0.15) is 0 Å². The van der Waals surface area contributed by atoms with Gasteiger partial charge in [0, 0.05) is 18.3 Å². The van der Waals surface area contributed by atoms with Gasteiger partial charge in [-0.15, -0.1) is 0 Å². The average molecular weight is 367 g/mol. The maximum Gasteiger partial charge on any atom is 0.513 e. The molecule has 0 aliphatic heterocycles. The highest BCUT2D eigenvalue weighted by Crippen LogP contribution is 2.35. The van der Waals surface area contributed by atoms with E-state index in [4.69, 9.17) is 16.3 Å². The first kappa shape index (κ1) is 17.8. The van der Waals surface area contributed by atoms with Crippen LogP contribution >= 0.6 is 11.6 Å². The monoisotopic (exact) mass is 366 g/mol. The minimum Gasteiger partial charge on any atom is -1.00 e. The van der Waals surface area contributed by atoms with E-state index in [0.29, 0.717) is 11.2 Å². The Balaban J connectivity index is 0.00000208. The number of carbonyl (C=O) groups excluding carboxylic acids is 1. The SMILES string of the molecule is COC(=O)Oc1c(-c2cccc[nH+]2)c(=O)n2ccccc2c1Cl.[Cl-]. The number of halogens is 2. The molecule has 24 heavy (non-hydrogen) atoms. The first-order valence-corrected chi connectivity index (χ1v) is 7.07. The van der Waals surface area contributed by atoms with Crippen LogP contribution in [0.3, 0.4) is 0 Å². The summed E-state index contributed by atoms with van der Waals surface area (Å²) in [4.78, 5) is 27.3. The lowest BCUT2D eigenvalue weighted by atomic mass is 10.1. The van der Waals surface area contributed by atoms with E-state index in [2.05, 4.69) is 9.72 Å². The van der Waals surface area contributed by atoms with Crippen LogP contribution in [0.4, 0.5) is 4.79 Å². The topological polar surface area (TPSA) is 71.2 Å². The van der Waals surface area contributed by atoms with Crippen LogP contribution in [-0.4, -0.2) is 17.7 Å². The van der Waals surface area contributed by atoms with E-state index >= 15 is 0 Å². The van der Waals surface area contributed by atoms with Crippen molar-refractivity contribution in [2.45, 2.75) is 0 Å². The lowest BCUT2D eigenvalue weighted by molar-refractivity contribution is -0.364. The molecular weight excluding hydrogens is 355 g/mol. The number of aromatic amines is 1. The minimum atomic E-state index is -0.955. The first-order chi connectivity index (χ1) is 11.1. The summed E-state index contributed by atoms with van der Waals surface area (Å²) in [5, 5.41) is 0.142. The van der Waals surface area contributed by atoms with Crippen molar-refractivity contribution in [3.63, 3.8) is 0 Å². The lowest BCUT2D eigenvalue weighted by Gasteiger charge is -2.11. The summed E-state index contributed by atoms with van der Waals surface area (Å²) in [6.07, 6.45) is 2.30. The smallest absolute Gasteiger partial charge is 0.513 e. The number of nitrogens with one attached hydrogen (secondary N) is 1.